The second kappa shape index (κ2) is 5.12. The van der Waals surface area contributed by atoms with E-state index in [9.17, 15) is 4.79 Å². The van der Waals surface area contributed by atoms with Crippen LogP contribution in [-0.2, 0) is 4.79 Å². The van der Waals surface area contributed by atoms with Crippen LogP contribution in [0.2, 0.25) is 0 Å². The third-order valence-corrected chi connectivity index (χ3v) is 3.15. The minimum atomic E-state index is 0.0732. The number of nitrogens with zero attached hydrogens (tertiary/aromatic N) is 3. The number of nitrogens with one attached hydrogen (secondary N) is 1. The summed E-state index contributed by atoms with van der Waals surface area (Å²) in [7, 11) is 1.69. The molecule has 1 amide bonds. The number of aromatic nitrogens is 2. The molecule has 1 aliphatic heterocycles. The first-order valence-electron chi connectivity index (χ1n) is 5.96. The highest BCUT2D eigenvalue weighted by atomic mass is 16.1. The van der Waals surface area contributed by atoms with Crippen LogP contribution in [0.1, 0.15) is 18.5 Å². The third-order valence-electron chi connectivity index (χ3n) is 3.15. The van der Waals surface area contributed by atoms with Gasteiger partial charge >= 0.3 is 0 Å². The molecule has 0 saturated carbocycles. The molecular formula is C12H18N4O. The zero-order valence-corrected chi connectivity index (χ0v) is 10.3. The quantitative estimate of drug-likeness (QED) is 0.820. The number of anilines is 1. The van der Waals surface area contributed by atoms with Gasteiger partial charge in [-0.2, -0.15) is 0 Å². The van der Waals surface area contributed by atoms with Gasteiger partial charge in [-0.3, -0.25) is 4.79 Å². The number of aryl methyl sites for hydroxylation is 1. The number of rotatable bonds is 2. The van der Waals surface area contributed by atoms with Crippen LogP contribution in [0.4, 0.5) is 5.82 Å². The Hall–Kier alpha value is -1.65. The maximum atomic E-state index is 11.6. The maximum absolute atomic E-state index is 11.6. The number of hydrogen-bond acceptors (Lipinski definition) is 4. The van der Waals surface area contributed by atoms with E-state index in [1.54, 1.807) is 13.4 Å². The SMILES string of the molecule is CNC(=O)[C@@H]1CCCN(c2cc(C)ncn2)C1. The van der Waals surface area contributed by atoms with Crippen molar-refractivity contribution in [3.63, 3.8) is 0 Å². The van der Waals surface area contributed by atoms with Crippen molar-refractivity contribution in [1.29, 1.82) is 0 Å². The van der Waals surface area contributed by atoms with Gasteiger partial charge in [0.05, 0.1) is 5.92 Å². The van der Waals surface area contributed by atoms with Crippen molar-refractivity contribution in [2.45, 2.75) is 19.8 Å². The van der Waals surface area contributed by atoms with E-state index in [-0.39, 0.29) is 11.8 Å². The Morgan fingerprint density at radius 3 is 3.06 bits per heavy atom. The first-order chi connectivity index (χ1) is 8.20. The predicted octanol–water partition coefficient (Wildman–Crippen LogP) is 0.747. The smallest absolute Gasteiger partial charge is 0.224 e. The first-order valence-corrected chi connectivity index (χ1v) is 5.96. The lowest BCUT2D eigenvalue weighted by atomic mass is 9.97. The molecule has 0 aliphatic carbocycles. The summed E-state index contributed by atoms with van der Waals surface area (Å²) in [6.45, 7) is 3.66. The second-order valence-electron chi connectivity index (χ2n) is 4.42. The zero-order chi connectivity index (χ0) is 12.3. The molecule has 1 fully saturated rings. The molecule has 1 aromatic rings. The average Bonchev–Trinajstić information content (AvgIpc) is 2.38. The van der Waals surface area contributed by atoms with Crippen molar-refractivity contribution in [3.8, 4) is 0 Å². The lowest BCUT2D eigenvalue weighted by Gasteiger charge is -2.32. The molecule has 0 aromatic carbocycles. The Morgan fingerprint density at radius 1 is 1.53 bits per heavy atom. The topological polar surface area (TPSA) is 58.1 Å². The average molecular weight is 234 g/mol. The fourth-order valence-corrected chi connectivity index (χ4v) is 2.22. The van der Waals surface area contributed by atoms with Gasteiger partial charge in [-0.15, -0.1) is 0 Å². The van der Waals surface area contributed by atoms with Gasteiger partial charge in [0.15, 0.2) is 0 Å². The van der Waals surface area contributed by atoms with Crippen molar-refractivity contribution >= 4 is 11.7 Å². The minimum absolute atomic E-state index is 0.0732. The summed E-state index contributed by atoms with van der Waals surface area (Å²) in [5, 5.41) is 2.72. The highest BCUT2D eigenvalue weighted by Crippen LogP contribution is 2.21. The first kappa shape index (κ1) is 11.8. The molecule has 0 spiro atoms. The maximum Gasteiger partial charge on any atom is 0.224 e. The Labute approximate surface area is 101 Å². The second-order valence-corrected chi connectivity index (χ2v) is 4.42. The van der Waals surface area contributed by atoms with E-state index in [2.05, 4.69) is 20.2 Å². The van der Waals surface area contributed by atoms with E-state index >= 15 is 0 Å². The molecule has 0 unspecified atom stereocenters. The van der Waals surface area contributed by atoms with Gasteiger partial charge in [-0.25, -0.2) is 9.97 Å². The molecule has 0 radical (unpaired) electrons. The van der Waals surface area contributed by atoms with E-state index < -0.39 is 0 Å². The molecule has 2 heterocycles. The molecule has 5 heteroatoms. The van der Waals surface area contributed by atoms with Gasteiger partial charge in [0, 0.05) is 31.9 Å². The van der Waals surface area contributed by atoms with Gasteiger partial charge in [-0.1, -0.05) is 0 Å². The largest absolute Gasteiger partial charge is 0.359 e. The number of amides is 1. The lowest BCUT2D eigenvalue weighted by Crippen LogP contribution is -2.42. The molecule has 5 nitrogen and oxygen atoms in total. The zero-order valence-electron chi connectivity index (χ0n) is 10.3. The molecule has 1 atom stereocenters. The Bertz CT molecular complexity index is 407. The molecule has 1 aliphatic rings. The predicted molar refractivity (Wildman–Crippen MR) is 65.8 cm³/mol. The molecule has 0 bridgehead atoms. The van der Waals surface area contributed by atoms with Crippen molar-refractivity contribution in [1.82, 2.24) is 15.3 Å². The molecule has 92 valence electrons. The molecule has 1 aromatic heterocycles. The summed E-state index contributed by atoms with van der Waals surface area (Å²) >= 11 is 0. The summed E-state index contributed by atoms with van der Waals surface area (Å²) in [6.07, 6.45) is 3.57. The van der Waals surface area contributed by atoms with E-state index in [0.717, 1.165) is 37.4 Å². The Kier molecular flexibility index (Phi) is 3.56. The fourth-order valence-electron chi connectivity index (χ4n) is 2.22. The standard InChI is InChI=1S/C12H18N4O/c1-9-6-11(15-8-14-9)16-5-3-4-10(7-16)12(17)13-2/h6,8,10H,3-5,7H2,1-2H3,(H,13,17)/t10-/m1/s1. The number of carbonyl (C=O) groups is 1. The number of carbonyl (C=O) groups excluding carboxylic acids is 1. The van der Waals surface area contributed by atoms with Crippen LogP contribution < -0.4 is 10.2 Å². The van der Waals surface area contributed by atoms with Crippen LogP contribution in [0.25, 0.3) is 0 Å². The van der Waals surface area contributed by atoms with Crippen LogP contribution in [0.5, 0.6) is 0 Å². The van der Waals surface area contributed by atoms with Crippen molar-refractivity contribution in [2.24, 2.45) is 5.92 Å². The van der Waals surface area contributed by atoms with Crippen LogP contribution in [0.15, 0.2) is 12.4 Å². The molecule has 1 N–H and O–H groups in total. The lowest BCUT2D eigenvalue weighted by molar-refractivity contribution is -0.124. The summed E-state index contributed by atoms with van der Waals surface area (Å²) in [5.41, 5.74) is 0.956. The van der Waals surface area contributed by atoms with Crippen LogP contribution in [0.3, 0.4) is 0 Å². The highest BCUT2D eigenvalue weighted by molar-refractivity contribution is 5.79. The highest BCUT2D eigenvalue weighted by Gasteiger charge is 2.25. The minimum Gasteiger partial charge on any atom is -0.359 e. The van der Waals surface area contributed by atoms with Gasteiger partial charge in [0.25, 0.3) is 0 Å². The fraction of sp³-hybridized carbons (Fsp3) is 0.583. The summed E-state index contributed by atoms with van der Waals surface area (Å²) in [6, 6.07) is 1.96. The van der Waals surface area contributed by atoms with Crippen molar-refractivity contribution in [2.75, 3.05) is 25.0 Å². The molecule has 1 saturated heterocycles. The van der Waals surface area contributed by atoms with Crippen molar-refractivity contribution < 1.29 is 4.79 Å². The number of hydrogen-bond donors (Lipinski definition) is 1. The normalized spacial score (nSPS) is 20.1. The Balaban J connectivity index is 2.09. The van der Waals surface area contributed by atoms with E-state index in [1.807, 2.05) is 13.0 Å². The van der Waals surface area contributed by atoms with Crippen LogP contribution in [-0.4, -0.2) is 36.0 Å². The van der Waals surface area contributed by atoms with Crippen LogP contribution >= 0.6 is 0 Å². The van der Waals surface area contributed by atoms with Gasteiger partial charge in [-0.05, 0) is 19.8 Å². The molecular weight excluding hydrogens is 216 g/mol. The van der Waals surface area contributed by atoms with Crippen LogP contribution in [0, 0.1) is 12.8 Å². The number of piperidine rings is 1. The summed E-state index contributed by atoms with van der Waals surface area (Å²) in [5.74, 6) is 1.12. The Morgan fingerprint density at radius 2 is 2.35 bits per heavy atom. The van der Waals surface area contributed by atoms with Gasteiger partial charge in [0.2, 0.25) is 5.91 Å². The molecule has 17 heavy (non-hydrogen) atoms. The molecule has 2 rings (SSSR count). The van der Waals surface area contributed by atoms with E-state index in [1.165, 1.54) is 0 Å². The third kappa shape index (κ3) is 2.72. The van der Waals surface area contributed by atoms with E-state index in [0.29, 0.717) is 0 Å². The summed E-state index contributed by atoms with van der Waals surface area (Å²) < 4.78 is 0. The monoisotopic (exact) mass is 234 g/mol. The van der Waals surface area contributed by atoms with Crippen molar-refractivity contribution in [3.05, 3.63) is 18.1 Å². The summed E-state index contributed by atoms with van der Waals surface area (Å²) in [4.78, 5) is 22.2. The van der Waals surface area contributed by atoms with E-state index in [4.69, 9.17) is 0 Å². The van der Waals surface area contributed by atoms with Gasteiger partial charge in [0.1, 0.15) is 12.1 Å². The van der Waals surface area contributed by atoms with Gasteiger partial charge < -0.3 is 10.2 Å².